The minimum atomic E-state index is -0.163. The van der Waals surface area contributed by atoms with E-state index in [0.29, 0.717) is 24.9 Å². The smallest absolute Gasteiger partial charge is 0.299 e. The van der Waals surface area contributed by atoms with Gasteiger partial charge in [0.2, 0.25) is 0 Å². The van der Waals surface area contributed by atoms with Gasteiger partial charge in [-0.25, -0.2) is 0 Å². The van der Waals surface area contributed by atoms with Crippen LogP contribution in [-0.4, -0.2) is 32.7 Å². The average molecular weight is 442 g/mol. The minimum absolute atomic E-state index is 0.163. The van der Waals surface area contributed by atoms with Gasteiger partial charge in [-0.1, -0.05) is 12.1 Å². The second-order valence-electron chi connectivity index (χ2n) is 8.47. The molecular formula is C26H27N5O2. The van der Waals surface area contributed by atoms with Crippen LogP contribution in [0.15, 0.2) is 53.6 Å². The zero-order valence-electron chi connectivity index (χ0n) is 19.0. The van der Waals surface area contributed by atoms with Gasteiger partial charge in [-0.05, 0) is 61.9 Å². The molecule has 7 nitrogen and oxygen atoms in total. The van der Waals surface area contributed by atoms with Gasteiger partial charge in [0.1, 0.15) is 6.61 Å². The lowest BCUT2D eigenvalue weighted by molar-refractivity contribution is 0.290. The molecule has 0 atom stereocenters. The fourth-order valence-electron chi connectivity index (χ4n) is 4.37. The Morgan fingerprint density at radius 3 is 2.73 bits per heavy atom. The van der Waals surface area contributed by atoms with Gasteiger partial charge in [0.15, 0.2) is 0 Å². The Labute approximate surface area is 192 Å². The Morgan fingerprint density at radius 1 is 1.06 bits per heavy atom. The number of aromatic nitrogens is 4. The van der Waals surface area contributed by atoms with Crippen LogP contribution in [0, 0.1) is 6.92 Å². The Balaban J connectivity index is 1.36. The molecule has 0 aliphatic heterocycles. The van der Waals surface area contributed by atoms with Gasteiger partial charge in [0, 0.05) is 54.4 Å². The molecule has 1 aliphatic rings. The van der Waals surface area contributed by atoms with E-state index in [1.54, 1.807) is 19.4 Å². The summed E-state index contributed by atoms with van der Waals surface area (Å²) in [7, 11) is 1.67. The second kappa shape index (κ2) is 9.02. The van der Waals surface area contributed by atoms with Crippen LogP contribution < -0.4 is 15.6 Å². The number of hydrogen-bond acceptors (Lipinski definition) is 6. The zero-order chi connectivity index (χ0) is 22.8. The fraction of sp³-hybridized carbons (Fsp3) is 0.308. The molecule has 0 radical (unpaired) electrons. The maximum atomic E-state index is 12.4. The maximum Gasteiger partial charge on any atom is 0.299 e. The lowest BCUT2D eigenvalue weighted by Gasteiger charge is -2.22. The molecule has 0 amide bonds. The Bertz CT molecular complexity index is 1360. The van der Waals surface area contributed by atoms with E-state index in [9.17, 15) is 4.79 Å². The molecule has 0 fully saturated rings. The first-order valence-corrected chi connectivity index (χ1v) is 11.4. The van der Waals surface area contributed by atoms with Crippen LogP contribution in [-0.2, 0) is 19.9 Å². The molecule has 3 aromatic heterocycles. The Morgan fingerprint density at radius 2 is 1.88 bits per heavy atom. The molecule has 4 aromatic rings. The van der Waals surface area contributed by atoms with Crippen LogP contribution in [0.4, 0.5) is 5.69 Å². The normalized spacial score (nSPS) is 13.0. The van der Waals surface area contributed by atoms with Crippen LogP contribution in [0.2, 0.25) is 0 Å². The molecule has 1 aromatic carbocycles. The summed E-state index contributed by atoms with van der Waals surface area (Å²) in [5.41, 5.74) is 7.17. The number of nitrogens with zero attached hydrogens (tertiary/aromatic N) is 4. The van der Waals surface area contributed by atoms with E-state index in [1.165, 1.54) is 40.3 Å². The summed E-state index contributed by atoms with van der Waals surface area (Å²) in [6.07, 6.45) is 7.80. The van der Waals surface area contributed by atoms with Crippen molar-refractivity contribution < 1.29 is 4.74 Å². The van der Waals surface area contributed by atoms with Gasteiger partial charge in [0.05, 0.1) is 11.2 Å². The summed E-state index contributed by atoms with van der Waals surface area (Å²) in [6, 6.07) is 11.9. The van der Waals surface area contributed by atoms with E-state index in [4.69, 9.17) is 9.72 Å². The summed E-state index contributed by atoms with van der Waals surface area (Å²) in [5, 5.41) is 4.74. The summed E-state index contributed by atoms with van der Waals surface area (Å²) in [4.78, 5) is 26.0. The molecule has 5 rings (SSSR count). The molecule has 7 heteroatoms. The molecular weight excluding hydrogens is 414 g/mol. The third kappa shape index (κ3) is 4.31. The lowest BCUT2D eigenvalue weighted by Crippen LogP contribution is -2.22. The van der Waals surface area contributed by atoms with Crippen molar-refractivity contribution in [2.24, 2.45) is 7.05 Å². The van der Waals surface area contributed by atoms with Crippen LogP contribution in [0.3, 0.4) is 0 Å². The quantitative estimate of drug-likeness (QED) is 0.454. The lowest BCUT2D eigenvalue weighted by atomic mass is 9.92. The zero-order valence-corrected chi connectivity index (χ0v) is 19.0. The predicted molar refractivity (Wildman–Crippen MR) is 130 cm³/mol. The van der Waals surface area contributed by atoms with Crippen molar-refractivity contribution >= 4 is 16.6 Å². The Kier molecular flexibility index (Phi) is 5.77. The first kappa shape index (κ1) is 21.1. The molecule has 168 valence electrons. The molecule has 0 spiro atoms. The number of rotatable bonds is 6. The van der Waals surface area contributed by atoms with E-state index >= 15 is 0 Å². The average Bonchev–Trinajstić information content (AvgIpc) is 2.83. The highest BCUT2D eigenvalue weighted by Crippen LogP contribution is 2.33. The van der Waals surface area contributed by atoms with Crippen LogP contribution in [0.5, 0.6) is 6.01 Å². The van der Waals surface area contributed by atoms with Gasteiger partial charge in [-0.15, -0.1) is 0 Å². The summed E-state index contributed by atoms with van der Waals surface area (Å²) >= 11 is 0. The Hall–Kier alpha value is -3.74. The van der Waals surface area contributed by atoms with Gasteiger partial charge in [0.25, 0.3) is 11.6 Å². The van der Waals surface area contributed by atoms with E-state index in [-0.39, 0.29) is 5.56 Å². The van der Waals surface area contributed by atoms with E-state index in [2.05, 4.69) is 40.4 Å². The minimum Gasteiger partial charge on any atom is -0.463 e. The van der Waals surface area contributed by atoms with Crippen molar-refractivity contribution in [3.63, 3.8) is 0 Å². The molecule has 0 saturated heterocycles. The number of anilines is 1. The monoisotopic (exact) mass is 441 g/mol. The van der Waals surface area contributed by atoms with E-state index in [0.717, 1.165) is 35.0 Å². The molecule has 0 unspecified atom stereocenters. The van der Waals surface area contributed by atoms with Crippen molar-refractivity contribution in [3.8, 4) is 17.3 Å². The van der Waals surface area contributed by atoms with Gasteiger partial charge < -0.3 is 10.1 Å². The van der Waals surface area contributed by atoms with Crippen LogP contribution in [0.1, 0.15) is 29.7 Å². The first-order valence-electron chi connectivity index (χ1n) is 11.4. The largest absolute Gasteiger partial charge is 0.463 e. The van der Waals surface area contributed by atoms with E-state index in [1.807, 2.05) is 12.1 Å². The fourth-order valence-corrected chi connectivity index (χ4v) is 4.37. The topological polar surface area (TPSA) is 81.9 Å². The third-order valence-corrected chi connectivity index (χ3v) is 6.12. The molecule has 0 saturated carbocycles. The molecule has 0 bridgehead atoms. The number of pyridine rings is 2. The van der Waals surface area contributed by atoms with Crippen LogP contribution in [0.25, 0.3) is 22.2 Å². The highest BCUT2D eigenvalue weighted by atomic mass is 16.5. The number of hydrogen-bond donors (Lipinski definition) is 1. The van der Waals surface area contributed by atoms with Crippen molar-refractivity contribution in [2.75, 3.05) is 18.5 Å². The summed E-state index contributed by atoms with van der Waals surface area (Å²) < 4.78 is 7.36. The molecule has 3 heterocycles. The van der Waals surface area contributed by atoms with Crippen LogP contribution >= 0.6 is 0 Å². The summed E-state index contributed by atoms with van der Waals surface area (Å²) in [6.45, 7) is 3.07. The van der Waals surface area contributed by atoms with Gasteiger partial charge in [-0.2, -0.15) is 4.98 Å². The van der Waals surface area contributed by atoms with Gasteiger partial charge in [-0.3, -0.25) is 19.3 Å². The van der Waals surface area contributed by atoms with Crippen molar-refractivity contribution in [1.29, 1.82) is 0 Å². The standard InChI is InChI=1S/C26H27N5O2/c1-17-7-8-20-23(15-17)29-21-6-4-3-5-19(21)25(20)28-13-14-33-26-30-22(16-24(32)31(26)2)18-9-11-27-12-10-18/h7-12,15-16H,3-6,13-14H2,1-2H3,(H,28,29). The van der Waals surface area contributed by atoms with Crippen molar-refractivity contribution in [3.05, 3.63) is 76.0 Å². The molecule has 1 aliphatic carbocycles. The number of ether oxygens (including phenoxy) is 1. The maximum absolute atomic E-state index is 12.4. The second-order valence-corrected chi connectivity index (χ2v) is 8.47. The third-order valence-electron chi connectivity index (χ3n) is 6.12. The predicted octanol–water partition coefficient (Wildman–Crippen LogP) is 4.07. The molecule has 33 heavy (non-hydrogen) atoms. The van der Waals surface area contributed by atoms with Gasteiger partial charge >= 0.3 is 0 Å². The highest BCUT2D eigenvalue weighted by molar-refractivity contribution is 5.94. The van der Waals surface area contributed by atoms with Crippen molar-refractivity contribution in [2.45, 2.75) is 32.6 Å². The number of fused-ring (bicyclic) bond motifs is 2. The SMILES string of the molecule is Cc1ccc2c(NCCOc3nc(-c4ccncc4)cc(=O)n3C)c3c(nc2c1)CCCC3. The number of aryl methyl sites for hydroxylation is 2. The van der Waals surface area contributed by atoms with E-state index < -0.39 is 0 Å². The molecule has 1 N–H and O–H groups in total. The number of nitrogens with one attached hydrogen (secondary N) is 1. The summed E-state index contributed by atoms with van der Waals surface area (Å²) in [5.74, 6) is 0. The highest BCUT2D eigenvalue weighted by Gasteiger charge is 2.18. The first-order chi connectivity index (χ1) is 16.1. The van der Waals surface area contributed by atoms with Crippen molar-refractivity contribution in [1.82, 2.24) is 19.5 Å². The number of benzene rings is 1.